The summed E-state index contributed by atoms with van der Waals surface area (Å²) in [6.07, 6.45) is 0. The average Bonchev–Trinajstić information content (AvgIpc) is 2.17. The molecule has 0 aliphatic heterocycles. The Morgan fingerprint density at radius 3 is 2.69 bits per heavy atom. The van der Waals surface area contributed by atoms with Gasteiger partial charge in [-0.25, -0.2) is 0 Å². The van der Waals surface area contributed by atoms with E-state index in [9.17, 15) is 14.3 Å². The molecule has 1 aromatic rings. The molecular formula is C10H14NO4P. The fourth-order valence-electron chi connectivity index (χ4n) is 1.26. The van der Waals surface area contributed by atoms with Crippen molar-refractivity contribution in [1.29, 1.82) is 0 Å². The summed E-state index contributed by atoms with van der Waals surface area (Å²) in [7, 11) is -3.85. The summed E-state index contributed by atoms with van der Waals surface area (Å²) in [5, 5.41) is 2.59. The Balaban J connectivity index is 3.12. The van der Waals surface area contributed by atoms with E-state index in [1.807, 2.05) is 0 Å². The second-order valence-electron chi connectivity index (χ2n) is 3.14. The van der Waals surface area contributed by atoms with Crippen molar-refractivity contribution < 1.29 is 18.8 Å². The number of hydrogen-bond donors (Lipinski definition) is 2. The van der Waals surface area contributed by atoms with Crippen molar-refractivity contribution in [2.24, 2.45) is 0 Å². The van der Waals surface area contributed by atoms with Crippen molar-refractivity contribution >= 4 is 24.5 Å². The van der Waals surface area contributed by atoms with E-state index in [2.05, 4.69) is 5.32 Å². The molecule has 0 saturated heterocycles. The minimum absolute atomic E-state index is 0.104. The number of carbonyl (C=O) groups excluding carboxylic acids is 1. The first-order valence-electron chi connectivity index (χ1n) is 4.82. The number of amides is 1. The molecule has 0 fully saturated rings. The molecule has 5 nitrogen and oxygen atoms in total. The van der Waals surface area contributed by atoms with Gasteiger partial charge in [0.05, 0.1) is 17.6 Å². The summed E-state index contributed by atoms with van der Waals surface area (Å²) >= 11 is 0. The fourth-order valence-corrected chi connectivity index (χ4v) is 2.46. The third-order valence-electron chi connectivity index (χ3n) is 1.82. The number of benzene rings is 1. The smallest absolute Gasteiger partial charge is 0.325 e. The highest BCUT2D eigenvalue weighted by Crippen LogP contribution is 2.42. The van der Waals surface area contributed by atoms with Crippen LogP contribution in [0.1, 0.15) is 13.8 Å². The van der Waals surface area contributed by atoms with E-state index in [1.165, 1.54) is 13.0 Å². The third-order valence-corrected chi connectivity index (χ3v) is 3.43. The van der Waals surface area contributed by atoms with Crippen LogP contribution in [0, 0.1) is 0 Å². The second-order valence-corrected chi connectivity index (χ2v) is 4.92. The van der Waals surface area contributed by atoms with Crippen LogP contribution >= 0.6 is 7.60 Å². The van der Waals surface area contributed by atoms with Crippen LogP contribution in [0.5, 0.6) is 0 Å². The summed E-state index contributed by atoms with van der Waals surface area (Å²) in [4.78, 5) is 20.6. The van der Waals surface area contributed by atoms with Crippen LogP contribution in [0.15, 0.2) is 24.3 Å². The molecule has 0 aromatic heterocycles. The molecule has 0 radical (unpaired) electrons. The highest BCUT2D eigenvalue weighted by Gasteiger charge is 2.25. The zero-order chi connectivity index (χ0) is 12.2. The molecule has 6 heteroatoms. The first-order valence-corrected chi connectivity index (χ1v) is 6.39. The molecule has 1 atom stereocenters. The lowest BCUT2D eigenvalue weighted by Gasteiger charge is -2.14. The van der Waals surface area contributed by atoms with E-state index >= 15 is 0 Å². The lowest BCUT2D eigenvalue weighted by Crippen LogP contribution is -2.17. The average molecular weight is 243 g/mol. The van der Waals surface area contributed by atoms with Crippen molar-refractivity contribution in [2.45, 2.75) is 13.8 Å². The van der Waals surface area contributed by atoms with Crippen LogP contribution in [0.2, 0.25) is 0 Å². The molecule has 88 valence electrons. The number of anilines is 1. The van der Waals surface area contributed by atoms with Gasteiger partial charge in [-0.3, -0.25) is 9.36 Å². The lowest BCUT2D eigenvalue weighted by molar-refractivity contribution is -0.114. The predicted octanol–water partition coefficient (Wildman–Crippen LogP) is 1.49. The van der Waals surface area contributed by atoms with Crippen molar-refractivity contribution in [3.63, 3.8) is 0 Å². The molecule has 1 unspecified atom stereocenters. The van der Waals surface area contributed by atoms with Gasteiger partial charge in [-0.05, 0) is 19.1 Å². The van der Waals surface area contributed by atoms with Crippen LogP contribution in [0.25, 0.3) is 0 Å². The largest absolute Gasteiger partial charge is 0.360 e. The van der Waals surface area contributed by atoms with E-state index < -0.39 is 7.60 Å². The highest BCUT2D eigenvalue weighted by atomic mass is 31.2. The fraction of sp³-hybridized carbons (Fsp3) is 0.300. The molecule has 1 aromatic carbocycles. The number of carbonyl (C=O) groups is 1. The van der Waals surface area contributed by atoms with Crippen LogP contribution < -0.4 is 10.6 Å². The van der Waals surface area contributed by atoms with Crippen molar-refractivity contribution in [3.8, 4) is 0 Å². The SMILES string of the molecule is CCOP(=O)(O)c1ccccc1NC(C)=O. The maximum atomic E-state index is 11.8. The predicted molar refractivity (Wildman–Crippen MR) is 61.8 cm³/mol. The summed E-state index contributed by atoms with van der Waals surface area (Å²) in [6, 6.07) is 6.30. The Morgan fingerprint density at radius 1 is 1.50 bits per heavy atom. The van der Waals surface area contributed by atoms with Gasteiger partial charge in [0.15, 0.2) is 0 Å². The molecule has 1 amide bonds. The molecule has 0 heterocycles. The monoisotopic (exact) mass is 243 g/mol. The number of para-hydroxylation sites is 1. The van der Waals surface area contributed by atoms with Gasteiger partial charge in [0, 0.05) is 6.92 Å². The highest BCUT2D eigenvalue weighted by molar-refractivity contribution is 7.61. The number of rotatable bonds is 4. The molecular weight excluding hydrogens is 229 g/mol. The number of nitrogens with one attached hydrogen (secondary N) is 1. The van der Waals surface area contributed by atoms with Gasteiger partial charge in [-0.2, -0.15) is 0 Å². The molecule has 1 rings (SSSR count). The van der Waals surface area contributed by atoms with E-state index in [0.717, 1.165) is 0 Å². The maximum Gasteiger partial charge on any atom is 0.360 e. The zero-order valence-electron chi connectivity index (χ0n) is 9.14. The van der Waals surface area contributed by atoms with Crippen LogP contribution in [-0.2, 0) is 13.9 Å². The van der Waals surface area contributed by atoms with E-state index in [4.69, 9.17) is 4.52 Å². The van der Waals surface area contributed by atoms with Crippen molar-refractivity contribution in [3.05, 3.63) is 24.3 Å². The first kappa shape index (κ1) is 12.9. The van der Waals surface area contributed by atoms with E-state index in [1.54, 1.807) is 25.1 Å². The van der Waals surface area contributed by atoms with Crippen LogP contribution in [0.4, 0.5) is 5.69 Å². The Bertz CT molecular complexity index is 433. The van der Waals surface area contributed by atoms with Crippen molar-refractivity contribution in [1.82, 2.24) is 0 Å². The molecule has 0 saturated carbocycles. The third kappa shape index (κ3) is 3.17. The Labute approximate surface area is 94.0 Å². The quantitative estimate of drug-likeness (QED) is 0.785. The maximum absolute atomic E-state index is 11.8. The van der Waals surface area contributed by atoms with Crippen LogP contribution in [0.3, 0.4) is 0 Å². The van der Waals surface area contributed by atoms with E-state index in [-0.39, 0.29) is 17.8 Å². The molecule has 0 aliphatic carbocycles. The van der Waals surface area contributed by atoms with Gasteiger partial charge in [0.2, 0.25) is 5.91 Å². The normalized spacial score (nSPS) is 14.2. The van der Waals surface area contributed by atoms with Gasteiger partial charge in [0.25, 0.3) is 0 Å². The van der Waals surface area contributed by atoms with Gasteiger partial charge in [-0.1, -0.05) is 12.1 Å². The van der Waals surface area contributed by atoms with E-state index in [0.29, 0.717) is 5.69 Å². The first-order chi connectivity index (χ1) is 7.47. The summed E-state index contributed by atoms with van der Waals surface area (Å²) in [5.41, 5.74) is 0.300. The molecule has 0 aliphatic rings. The molecule has 0 spiro atoms. The van der Waals surface area contributed by atoms with Gasteiger partial charge in [0.1, 0.15) is 0 Å². The Hall–Kier alpha value is -1.16. The lowest BCUT2D eigenvalue weighted by atomic mass is 10.3. The molecule has 16 heavy (non-hydrogen) atoms. The minimum Gasteiger partial charge on any atom is -0.325 e. The van der Waals surface area contributed by atoms with Gasteiger partial charge in [-0.15, -0.1) is 0 Å². The topological polar surface area (TPSA) is 75.6 Å². The zero-order valence-corrected chi connectivity index (χ0v) is 10.0. The minimum atomic E-state index is -3.85. The van der Waals surface area contributed by atoms with Gasteiger partial charge < -0.3 is 14.7 Å². The summed E-state index contributed by atoms with van der Waals surface area (Å²) in [6.45, 7) is 3.09. The Kier molecular flexibility index (Phi) is 4.24. The Morgan fingerprint density at radius 2 is 2.12 bits per heavy atom. The van der Waals surface area contributed by atoms with Crippen molar-refractivity contribution in [2.75, 3.05) is 11.9 Å². The standard InChI is InChI=1S/C10H14NO4P/c1-3-15-16(13,14)10-7-5-4-6-9(10)11-8(2)12/h4-7H,3H2,1-2H3,(H,11,12)(H,13,14). The molecule has 2 N–H and O–H groups in total. The van der Waals surface area contributed by atoms with Crippen LogP contribution in [-0.4, -0.2) is 17.4 Å². The molecule has 0 bridgehead atoms. The summed E-state index contributed by atoms with van der Waals surface area (Å²) in [5.74, 6) is -0.302. The van der Waals surface area contributed by atoms with Gasteiger partial charge >= 0.3 is 7.60 Å². The second kappa shape index (κ2) is 5.25. The summed E-state index contributed by atoms with van der Waals surface area (Å²) < 4.78 is 16.6. The number of hydrogen-bond acceptors (Lipinski definition) is 3.